The van der Waals surface area contributed by atoms with Crippen molar-refractivity contribution in [1.29, 1.82) is 0 Å². The summed E-state index contributed by atoms with van der Waals surface area (Å²) in [6.45, 7) is 7.73. The number of aromatic nitrogens is 4. The zero-order valence-corrected chi connectivity index (χ0v) is 18.9. The van der Waals surface area contributed by atoms with Crippen LogP contribution < -0.4 is 25.2 Å². The first kappa shape index (κ1) is 21.2. The van der Waals surface area contributed by atoms with Gasteiger partial charge in [-0.25, -0.2) is 15.0 Å². The number of hydrogen-bond acceptors (Lipinski definition) is 8. The average Bonchev–Trinajstić information content (AvgIpc) is 2.82. The highest BCUT2D eigenvalue weighted by Gasteiger charge is 2.19. The Morgan fingerprint density at radius 2 is 1.91 bits per heavy atom. The lowest BCUT2D eigenvalue weighted by atomic mass is 10.00. The Labute approximate surface area is 192 Å². The summed E-state index contributed by atoms with van der Waals surface area (Å²) in [6.07, 6.45) is 4.07. The van der Waals surface area contributed by atoms with Gasteiger partial charge in [0.1, 0.15) is 13.2 Å². The first-order chi connectivity index (χ1) is 16.0. The molecule has 9 nitrogen and oxygen atoms in total. The molecule has 172 valence electrons. The minimum absolute atomic E-state index is 0.238. The van der Waals surface area contributed by atoms with Gasteiger partial charge in [0.05, 0.1) is 11.4 Å². The Kier molecular flexibility index (Phi) is 5.85. The number of H-pyrrole nitrogens is 1. The van der Waals surface area contributed by atoms with Crippen molar-refractivity contribution < 1.29 is 9.47 Å². The van der Waals surface area contributed by atoms with E-state index in [0.717, 1.165) is 66.1 Å². The van der Waals surface area contributed by atoms with Crippen LogP contribution in [0.2, 0.25) is 0 Å². The summed E-state index contributed by atoms with van der Waals surface area (Å²) >= 11 is 0. The van der Waals surface area contributed by atoms with Gasteiger partial charge in [-0.05, 0) is 43.4 Å². The van der Waals surface area contributed by atoms with E-state index in [0.29, 0.717) is 31.4 Å². The van der Waals surface area contributed by atoms with Crippen molar-refractivity contribution in [2.24, 2.45) is 5.92 Å². The van der Waals surface area contributed by atoms with E-state index in [1.807, 2.05) is 25.1 Å². The molecule has 0 aliphatic carbocycles. The number of hydrogen-bond donors (Lipinski definition) is 2. The van der Waals surface area contributed by atoms with Gasteiger partial charge >= 0.3 is 0 Å². The van der Waals surface area contributed by atoms with Crippen LogP contribution in [0.25, 0.3) is 11.3 Å². The van der Waals surface area contributed by atoms with Crippen molar-refractivity contribution in [3.63, 3.8) is 0 Å². The van der Waals surface area contributed by atoms with Gasteiger partial charge in [0, 0.05) is 37.5 Å². The van der Waals surface area contributed by atoms with Crippen LogP contribution in [0.4, 0.5) is 11.9 Å². The highest BCUT2D eigenvalue weighted by Crippen LogP contribution is 2.31. The van der Waals surface area contributed by atoms with Crippen LogP contribution in [-0.2, 0) is 6.54 Å². The molecule has 2 aromatic heterocycles. The van der Waals surface area contributed by atoms with Crippen LogP contribution >= 0.6 is 0 Å². The minimum Gasteiger partial charge on any atom is -0.486 e. The number of piperidine rings is 1. The normalized spacial score (nSPS) is 16.0. The number of anilines is 2. The number of fused-ring (bicyclic) bond motifs is 1. The zero-order chi connectivity index (χ0) is 22.8. The Hall–Kier alpha value is -3.62. The molecule has 0 unspecified atom stereocenters. The maximum atomic E-state index is 12.3. The highest BCUT2D eigenvalue weighted by atomic mass is 16.6. The van der Waals surface area contributed by atoms with E-state index >= 15 is 0 Å². The van der Waals surface area contributed by atoms with Gasteiger partial charge in [-0.15, -0.1) is 0 Å². The first-order valence-electron chi connectivity index (χ1n) is 11.4. The third kappa shape index (κ3) is 4.76. The van der Waals surface area contributed by atoms with E-state index in [-0.39, 0.29) is 5.56 Å². The number of aryl methyl sites for hydroxylation is 1. The van der Waals surface area contributed by atoms with Gasteiger partial charge < -0.3 is 19.7 Å². The number of benzene rings is 1. The molecular weight excluding hydrogens is 420 g/mol. The Morgan fingerprint density at radius 1 is 1.12 bits per heavy atom. The summed E-state index contributed by atoms with van der Waals surface area (Å²) in [4.78, 5) is 31.2. The van der Waals surface area contributed by atoms with Crippen molar-refractivity contribution in [2.75, 3.05) is 36.5 Å². The molecule has 3 aromatic rings. The quantitative estimate of drug-likeness (QED) is 0.613. The lowest BCUT2D eigenvalue weighted by Crippen LogP contribution is -2.34. The molecule has 33 heavy (non-hydrogen) atoms. The first-order valence-corrected chi connectivity index (χ1v) is 11.4. The SMILES string of the molecule is Cc1nc(N2CCC(C)CC2)ncc1-c1cc(=O)[nH]c(NCc2ccc3c(c2)OCCO3)n1. The third-order valence-electron chi connectivity index (χ3n) is 6.12. The Bertz CT molecular complexity index is 1200. The van der Waals surface area contributed by atoms with Gasteiger partial charge in [0.15, 0.2) is 11.5 Å². The van der Waals surface area contributed by atoms with E-state index in [4.69, 9.17) is 14.5 Å². The molecule has 2 N–H and O–H groups in total. The Morgan fingerprint density at radius 3 is 2.70 bits per heavy atom. The van der Waals surface area contributed by atoms with Gasteiger partial charge in [-0.3, -0.25) is 9.78 Å². The lowest BCUT2D eigenvalue weighted by Gasteiger charge is -2.30. The average molecular weight is 449 g/mol. The molecule has 2 aliphatic heterocycles. The summed E-state index contributed by atoms with van der Waals surface area (Å²) in [6, 6.07) is 7.26. The molecule has 1 aromatic carbocycles. The van der Waals surface area contributed by atoms with Crippen LogP contribution in [0.1, 0.15) is 31.0 Å². The van der Waals surface area contributed by atoms with Crippen LogP contribution in [-0.4, -0.2) is 46.2 Å². The van der Waals surface area contributed by atoms with E-state index in [2.05, 4.69) is 32.1 Å². The second-order valence-electron chi connectivity index (χ2n) is 8.65. The number of nitrogens with one attached hydrogen (secondary N) is 2. The van der Waals surface area contributed by atoms with Crippen LogP contribution in [0.15, 0.2) is 35.3 Å². The van der Waals surface area contributed by atoms with Crippen molar-refractivity contribution in [3.05, 3.63) is 52.1 Å². The Balaban J connectivity index is 1.33. The fourth-order valence-electron chi connectivity index (χ4n) is 4.13. The van der Waals surface area contributed by atoms with Gasteiger partial charge in [-0.2, -0.15) is 0 Å². The van der Waals surface area contributed by atoms with Gasteiger partial charge in [0.2, 0.25) is 11.9 Å². The van der Waals surface area contributed by atoms with Crippen molar-refractivity contribution >= 4 is 11.9 Å². The van der Waals surface area contributed by atoms with Gasteiger partial charge in [0.25, 0.3) is 5.56 Å². The number of nitrogens with zero attached hydrogens (tertiary/aromatic N) is 4. The molecule has 0 radical (unpaired) electrons. The maximum Gasteiger partial charge on any atom is 0.252 e. The second kappa shape index (κ2) is 9.09. The van der Waals surface area contributed by atoms with E-state index < -0.39 is 0 Å². The van der Waals surface area contributed by atoms with Crippen LogP contribution in [0.5, 0.6) is 11.5 Å². The predicted octanol–water partition coefficient (Wildman–Crippen LogP) is 3.15. The minimum atomic E-state index is -0.238. The summed E-state index contributed by atoms with van der Waals surface area (Å²) < 4.78 is 11.2. The maximum absolute atomic E-state index is 12.3. The molecule has 0 spiro atoms. The predicted molar refractivity (Wildman–Crippen MR) is 126 cm³/mol. The largest absolute Gasteiger partial charge is 0.486 e. The summed E-state index contributed by atoms with van der Waals surface area (Å²) in [5.74, 6) is 3.35. The molecule has 5 rings (SSSR count). The second-order valence-corrected chi connectivity index (χ2v) is 8.65. The molecule has 0 bridgehead atoms. The summed E-state index contributed by atoms with van der Waals surface area (Å²) in [5.41, 5.74) is 2.84. The van der Waals surface area contributed by atoms with Crippen LogP contribution in [0, 0.1) is 12.8 Å². The molecule has 0 amide bonds. The molecule has 0 atom stereocenters. The molecule has 4 heterocycles. The molecule has 2 aliphatic rings. The molecule has 0 saturated carbocycles. The fraction of sp³-hybridized carbons (Fsp3) is 0.417. The molecular formula is C24H28N6O3. The van der Waals surface area contributed by atoms with E-state index in [9.17, 15) is 4.79 Å². The fourth-order valence-corrected chi connectivity index (χ4v) is 4.13. The van der Waals surface area contributed by atoms with Crippen LogP contribution in [0.3, 0.4) is 0 Å². The van der Waals surface area contributed by atoms with Crippen molar-refractivity contribution in [2.45, 2.75) is 33.2 Å². The number of rotatable bonds is 5. The number of aromatic amines is 1. The lowest BCUT2D eigenvalue weighted by molar-refractivity contribution is 0.171. The van der Waals surface area contributed by atoms with Gasteiger partial charge in [-0.1, -0.05) is 13.0 Å². The number of ether oxygens (including phenoxy) is 2. The smallest absolute Gasteiger partial charge is 0.252 e. The highest BCUT2D eigenvalue weighted by molar-refractivity contribution is 5.62. The third-order valence-corrected chi connectivity index (χ3v) is 6.12. The van der Waals surface area contributed by atoms with E-state index in [1.54, 1.807) is 6.20 Å². The summed E-state index contributed by atoms with van der Waals surface area (Å²) in [5, 5.41) is 3.19. The van der Waals surface area contributed by atoms with Crippen molar-refractivity contribution in [1.82, 2.24) is 19.9 Å². The standard InChI is InChI=1S/C24H28N6O3/c1-15-5-7-30(8-6-15)24-26-14-18(16(2)27-24)19-12-22(31)29-23(28-19)25-13-17-3-4-20-21(11-17)33-10-9-32-20/h3-4,11-12,14-15H,5-10,13H2,1-2H3,(H2,25,28,29,31). The molecule has 9 heteroatoms. The van der Waals surface area contributed by atoms with Crippen molar-refractivity contribution in [3.8, 4) is 22.8 Å². The monoisotopic (exact) mass is 448 g/mol. The topological polar surface area (TPSA) is 105 Å². The van der Waals surface area contributed by atoms with E-state index in [1.165, 1.54) is 6.07 Å². The zero-order valence-electron chi connectivity index (χ0n) is 18.9. The molecule has 1 saturated heterocycles. The summed E-state index contributed by atoms with van der Waals surface area (Å²) in [7, 11) is 0. The molecule has 1 fully saturated rings.